The highest BCUT2D eigenvalue weighted by Gasteiger charge is 2.29. The van der Waals surface area contributed by atoms with E-state index in [-0.39, 0.29) is 6.10 Å². The Bertz CT molecular complexity index is 534. The molecule has 0 saturated heterocycles. The van der Waals surface area contributed by atoms with Gasteiger partial charge in [0, 0.05) is 18.3 Å². The average molecular weight is 233 g/mol. The van der Waals surface area contributed by atoms with Crippen LogP contribution in [0.3, 0.4) is 0 Å². The number of fused-ring (bicyclic) bond motifs is 1. The minimum atomic E-state index is -0.310. The number of nitrogens with two attached hydrogens (primary N) is 1. The van der Waals surface area contributed by atoms with Crippen molar-refractivity contribution in [2.75, 3.05) is 17.6 Å². The van der Waals surface area contributed by atoms with Crippen molar-refractivity contribution in [3.05, 3.63) is 18.2 Å². The van der Waals surface area contributed by atoms with Crippen LogP contribution in [-0.4, -0.2) is 22.7 Å². The topological polar surface area (TPSA) is 84.3 Å². The Balaban J connectivity index is 1.72. The maximum absolute atomic E-state index is 9.72. The highest BCUT2D eigenvalue weighted by atomic mass is 16.4. The lowest BCUT2D eigenvalue weighted by molar-refractivity contribution is 0.163. The Morgan fingerprint density at radius 3 is 3.12 bits per heavy atom. The van der Waals surface area contributed by atoms with Gasteiger partial charge in [0.05, 0.1) is 6.10 Å². The third kappa shape index (κ3) is 2.19. The second-order valence-corrected chi connectivity index (χ2v) is 4.53. The highest BCUT2D eigenvalue weighted by Crippen LogP contribution is 2.32. The number of nitrogens with zero attached hydrogens (tertiary/aromatic N) is 1. The number of nitrogen functional groups attached to an aromatic ring is 1. The fourth-order valence-electron chi connectivity index (χ4n) is 1.86. The van der Waals surface area contributed by atoms with Crippen molar-refractivity contribution in [1.29, 1.82) is 0 Å². The van der Waals surface area contributed by atoms with Crippen LogP contribution in [0.25, 0.3) is 11.1 Å². The summed E-state index contributed by atoms with van der Waals surface area (Å²) in [6.07, 6.45) is 1.93. The second-order valence-electron chi connectivity index (χ2n) is 4.53. The molecular weight excluding hydrogens is 218 g/mol. The molecule has 1 aliphatic rings. The molecule has 5 nitrogen and oxygen atoms in total. The Labute approximate surface area is 98.6 Å². The van der Waals surface area contributed by atoms with E-state index in [0.29, 0.717) is 29.7 Å². The van der Waals surface area contributed by atoms with Crippen molar-refractivity contribution in [2.45, 2.75) is 18.9 Å². The summed E-state index contributed by atoms with van der Waals surface area (Å²) in [5.41, 5.74) is 7.73. The van der Waals surface area contributed by atoms with E-state index in [1.165, 1.54) is 0 Å². The molecule has 1 aromatic carbocycles. The zero-order valence-corrected chi connectivity index (χ0v) is 9.39. The van der Waals surface area contributed by atoms with Gasteiger partial charge in [-0.25, -0.2) is 0 Å². The molecule has 1 aromatic heterocycles. The monoisotopic (exact) mass is 233 g/mol. The predicted octanol–water partition coefficient (Wildman–Crippen LogP) is 1.59. The summed E-state index contributed by atoms with van der Waals surface area (Å²) in [7, 11) is 0. The summed E-state index contributed by atoms with van der Waals surface area (Å²) in [5, 5.41) is 12.7. The number of aliphatic hydroxyl groups is 1. The Hall–Kier alpha value is -1.75. The molecule has 1 fully saturated rings. The quantitative estimate of drug-likeness (QED) is 0.698. The van der Waals surface area contributed by atoms with Gasteiger partial charge in [-0.15, -0.1) is 0 Å². The van der Waals surface area contributed by atoms with Gasteiger partial charge in [-0.1, -0.05) is 0 Å². The third-order valence-electron chi connectivity index (χ3n) is 3.04. The van der Waals surface area contributed by atoms with Crippen LogP contribution in [0.4, 0.5) is 11.7 Å². The molecule has 1 aliphatic carbocycles. The van der Waals surface area contributed by atoms with Gasteiger partial charge < -0.3 is 20.6 Å². The summed E-state index contributed by atoms with van der Waals surface area (Å²) in [6.45, 7) is 0.479. The Kier molecular flexibility index (Phi) is 2.40. The summed E-state index contributed by atoms with van der Waals surface area (Å²) < 4.78 is 5.49. The Morgan fingerprint density at radius 1 is 1.53 bits per heavy atom. The van der Waals surface area contributed by atoms with E-state index in [4.69, 9.17) is 10.2 Å². The predicted molar refractivity (Wildman–Crippen MR) is 65.6 cm³/mol. The van der Waals surface area contributed by atoms with E-state index in [2.05, 4.69) is 10.3 Å². The molecule has 0 bridgehead atoms. The van der Waals surface area contributed by atoms with Crippen LogP contribution >= 0.6 is 0 Å². The molecule has 1 unspecified atom stereocenters. The number of nitrogens with one attached hydrogen (secondary N) is 1. The van der Waals surface area contributed by atoms with E-state index in [0.717, 1.165) is 18.4 Å². The maximum Gasteiger partial charge on any atom is 0.295 e. The highest BCUT2D eigenvalue weighted by molar-refractivity contribution is 5.78. The minimum absolute atomic E-state index is 0.310. The molecule has 3 rings (SSSR count). The first-order valence-electron chi connectivity index (χ1n) is 5.80. The minimum Gasteiger partial charge on any atom is -0.423 e. The molecule has 17 heavy (non-hydrogen) atoms. The van der Waals surface area contributed by atoms with Gasteiger partial charge >= 0.3 is 0 Å². The van der Waals surface area contributed by atoms with Gasteiger partial charge in [0.2, 0.25) is 0 Å². The lowest BCUT2D eigenvalue weighted by Crippen LogP contribution is -2.21. The van der Waals surface area contributed by atoms with Gasteiger partial charge in [-0.05, 0) is 30.9 Å². The number of hydrogen-bond acceptors (Lipinski definition) is 5. The van der Waals surface area contributed by atoms with Crippen molar-refractivity contribution in [3.8, 4) is 0 Å². The first kappa shape index (κ1) is 10.4. The molecule has 90 valence electrons. The van der Waals surface area contributed by atoms with Gasteiger partial charge in [-0.2, -0.15) is 4.98 Å². The fraction of sp³-hybridized carbons (Fsp3) is 0.417. The van der Waals surface area contributed by atoms with E-state index >= 15 is 0 Å². The van der Waals surface area contributed by atoms with Gasteiger partial charge in [-0.3, -0.25) is 0 Å². The van der Waals surface area contributed by atoms with E-state index in [1.807, 2.05) is 6.07 Å². The van der Waals surface area contributed by atoms with E-state index in [1.54, 1.807) is 12.1 Å². The summed E-state index contributed by atoms with van der Waals surface area (Å²) in [6, 6.07) is 5.78. The molecule has 1 heterocycles. The number of oxazole rings is 1. The van der Waals surface area contributed by atoms with E-state index in [9.17, 15) is 5.11 Å². The van der Waals surface area contributed by atoms with Crippen LogP contribution in [0.5, 0.6) is 0 Å². The summed E-state index contributed by atoms with van der Waals surface area (Å²) in [5.74, 6) is 0.447. The number of anilines is 2. The van der Waals surface area contributed by atoms with Gasteiger partial charge in [0.15, 0.2) is 5.58 Å². The van der Waals surface area contributed by atoms with Gasteiger partial charge in [0.1, 0.15) is 5.52 Å². The zero-order chi connectivity index (χ0) is 11.8. The SMILES string of the molecule is Nc1ccc2nc(NCC(O)C3CC3)oc2c1. The molecule has 0 radical (unpaired) electrons. The second kappa shape index (κ2) is 3.92. The molecule has 1 atom stereocenters. The number of rotatable bonds is 4. The van der Waals surface area contributed by atoms with Crippen molar-refractivity contribution in [3.63, 3.8) is 0 Å². The summed E-state index contributed by atoms with van der Waals surface area (Å²) in [4.78, 5) is 4.26. The standard InChI is InChI=1S/C12H15N3O2/c13-8-3-4-9-11(5-8)17-12(15-9)14-6-10(16)7-1-2-7/h3-5,7,10,16H,1-2,6,13H2,(H,14,15). The van der Waals surface area contributed by atoms with Crippen molar-refractivity contribution in [2.24, 2.45) is 5.92 Å². The van der Waals surface area contributed by atoms with Crippen LogP contribution in [0.15, 0.2) is 22.6 Å². The summed E-state index contributed by atoms with van der Waals surface area (Å²) >= 11 is 0. The normalized spacial score (nSPS) is 17.2. The van der Waals surface area contributed by atoms with Crippen molar-refractivity contribution < 1.29 is 9.52 Å². The number of aliphatic hydroxyl groups excluding tert-OH is 1. The smallest absolute Gasteiger partial charge is 0.295 e. The van der Waals surface area contributed by atoms with E-state index < -0.39 is 0 Å². The first-order valence-corrected chi connectivity index (χ1v) is 5.80. The number of aromatic nitrogens is 1. The molecule has 1 saturated carbocycles. The fourth-order valence-corrected chi connectivity index (χ4v) is 1.86. The van der Waals surface area contributed by atoms with Crippen LogP contribution in [0.2, 0.25) is 0 Å². The number of hydrogen-bond donors (Lipinski definition) is 3. The molecule has 0 spiro atoms. The van der Waals surface area contributed by atoms with Crippen LogP contribution in [0, 0.1) is 5.92 Å². The molecule has 5 heteroatoms. The van der Waals surface area contributed by atoms with Crippen LogP contribution in [-0.2, 0) is 0 Å². The van der Waals surface area contributed by atoms with Crippen LogP contribution in [0.1, 0.15) is 12.8 Å². The molecule has 2 aromatic rings. The number of benzene rings is 1. The van der Waals surface area contributed by atoms with Gasteiger partial charge in [0.25, 0.3) is 6.01 Å². The maximum atomic E-state index is 9.72. The third-order valence-corrected chi connectivity index (χ3v) is 3.04. The molecular formula is C12H15N3O2. The van der Waals surface area contributed by atoms with Crippen LogP contribution < -0.4 is 11.1 Å². The lowest BCUT2D eigenvalue weighted by atomic mass is 10.2. The van der Waals surface area contributed by atoms with Crippen molar-refractivity contribution in [1.82, 2.24) is 4.98 Å². The van der Waals surface area contributed by atoms with Crippen molar-refractivity contribution >= 4 is 22.8 Å². The largest absolute Gasteiger partial charge is 0.423 e. The first-order chi connectivity index (χ1) is 8.22. The average Bonchev–Trinajstić information content (AvgIpc) is 3.07. The molecule has 0 amide bonds. The zero-order valence-electron chi connectivity index (χ0n) is 9.39. The lowest BCUT2D eigenvalue weighted by Gasteiger charge is -2.08. The molecule has 0 aliphatic heterocycles. The Morgan fingerprint density at radius 2 is 2.35 bits per heavy atom. The molecule has 4 N–H and O–H groups in total.